The molecule has 0 N–H and O–H groups in total. The minimum atomic E-state index is 0.0584. The van der Waals surface area contributed by atoms with Crippen LogP contribution in [0, 0.1) is 6.92 Å². The molecule has 1 heterocycles. The number of aryl methyl sites for hydroxylation is 1. The van der Waals surface area contributed by atoms with Crippen molar-refractivity contribution in [3.63, 3.8) is 0 Å². The fourth-order valence-corrected chi connectivity index (χ4v) is 1.91. The van der Waals surface area contributed by atoms with Gasteiger partial charge < -0.3 is 4.74 Å². The molecule has 0 atom stereocenters. The third-order valence-electron chi connectivity index (χ3n) is 2.80. The fraction of sp³-hybridized carbons (Fsp3) is 0.267. The lowest BCUT2D eigenvalue weighted by Crippen LogP contribution is -2.02. The van der Waals surface area contributed by atoms with Gasteiger partial charge in [-0.2, -0.15) is 0 Å². The van der Waals surface area contributed by atoms with Gasteiger partial charge in [0.1, 0.15) is 17.4 Å². The number of ether oxygens (including phenoxy) is 1. The molecule has 0 aliphatic rings. The summed E-state index contributed by atoms with van der Waals surface area (Å²) in [4.78, 5) is 19.6. The van der Waals surface area contributed by atoms with Gasteiger partial charge in [-0.05, 0) is 43.7 Å². The lowest BCUT2D eigenvalue weighted by molar-refractivity contribution is -0.116. The van der Waals surface area contributed by atoms with E-state index in [4.69, 9.17) is 4.74 Å². The Morgan fingerprint density at radius 1 is 1.32 bits per heavy atom. The number of rotatable bonds is 4. The van der Waals surface area contributed by atoms with Crippen molar-refractivity contribution in [2.45, 2.75) is 20.3 Å². The van der Waals surface area contributed by atoms with Crippen LogP contribution in [0.2, 0.25) is 0 Å². The number of carbonyl (C=O) groups is 1. The van der Waals surface area contributed by atoms with Gasteiger partial charge in [0.25, 0.3) is 0 Å². The van der Waals surface area contributed by atoms with Crippen molar-refractivity contribution < 1.29 is 9.53 Å². The quantitative estimate of drug-likeness (QED) is 0.843. The van der Waals surface area contributed by atoms with Crippen molar-refractivity contribution in [1.82, 2.24) is 9.97 Å². The lowest BCUT2D eigenvalue weighted by Gasteiger charge is -2.07. The molecular weight excluding hydrogens is 240 g/mol. The highest BCUT2D eigenvalue weighted by Crippen LogP contribution is 2.24. The molecule has 0 aliphatic heterocycles. The number of nitrogens with zero attached hydrogens (tertiary/aromatic N) is 2. The Balaban J connectivity index is 2.36. The lowest BCUT2D eigenvalue weighted by atomic mass is 10.1. The van der Waals surface area contributed by atoms with Crippen molar-refractivity contribution in [3.05, 3.63) is 41.9 Å². The maximum Gasteiger partial charge on any atom is 0.137 e. The molecule has 1 aromatic carbocycles. The van der Waals surface area contributed by atoms with Crippen LogP contribution in [0.3, 0.4) is 0 Å². The second-order valence-electron chi connectivity index (χ2n) is 4.42. The van der Waals surface area contributed by atoms with Crippen molar-refractivity contribution in [2.75, 3.05) is 7.11 Å². The monoisotopic (exact) mass is 256 g/mol. The van der Waals surface area contributed by atoms with Crippen LogP contribution in [-0.4, -0.2) is 22.9 Å². The summed E-state index contributed by atoms with van der Waals surface area (Å²) < 4.78 is 5.23. The molecule has 0 radical (unpaired) electrons. The molecule has 0 fully saturated rings. The van der Waals surface area contributed by atoms with Crippen LogP contribution >= 0.6 is 0 Å². The largest absolute Gasteiger partial charge is 0.496 e. The molecule has 0 saturated carbocycles. The van der Waals surface area contributed by atoms with Crippen molar-refractivity contribution in [1.29, 1.82) is 0 Å². The van der Waals surface area contributed by atoms with Gasteiger partial charge >= 0.3 is 0 Å². The minimum Gasteiger partial charge on any atom is -0.496 e. The van der Waals surface area contributed by atoms with E-state index in [1.807, 2.05) is 31.2 Å². The highest BCUT2D eigenvalue weighted by molar-refractivity contribution is 5.77. The highest BCUT2D eigenvalue weighted by atomic mass is 16.5. The second-order valence-corrected chi connectivity index (χ2v) is 4.42. The summed E-state index contributed by atoms with van der Waals surface area (Å²) in [7, 11) is 1.65. The standard InChI is InChI=1S/C15H16N2O2/c1-10-8-12(4-5-14(10)19-3)13-6-7-16-15(17-13)9-11(2)18/h4-8H,9H2,1-3H3. The Kier molecular flexibility index (Phi) is 3.90. The molecule has 0 spiro atoms. The first-order valence-electron chi connectivity index (χ1n) is 6.06. The van der Waals surface area contributed by atoms with Crippen LogP contribution in [0.4, 0.5) is 0 Å². The fourth-order valence-electron chi connectivity index (χ4n) is 1.91. The summed E-state index contributed by atoms with van der Waals surface area (Å²) in [6, 6.07) is 7.72. The zero-order valence-corrected chi connectivity index (χ0v) is 11.3. The minimum absolute atomic E-state index is 0.0584. The van der Waals surface area contributed by atoms with Crippen molar-refractivity contribution >= 4 is 5.78 Å². The van der Waals surface area contributed by atoms with Crippen molar-refractivity contribution in [3.8, 4) is 17.0 Å². The molecule has 4 nitrogen and oxygen atoms in total. The molecule has 4 heteroatoms. The maximum atomic E-state index is 11.1. The molecule has 2 rings (SSSR count). The van der Waals surface area contributed by atoms with E-state index in [1.165, 1.54) is 6.92 Å². The number of hydrogen-bond donors (Lipinski definition) is 0. The van der Waals surface area contributed by atoms with Crippen LogP contribution in [0.5, 0.6) is 5.75 Å². The number of aromatic nitrogens is 2. The second kappa shape index (κ2) is 5.61. The molecule has 0 amide bonds. The number of methoxy groups -OCH3 is 1. The Morgan fingerprint density at radius 2 is 2.11 bits per heavy atom. The molecule has 0 aliphatic carbocycles. The van der Waals surface area contributed by atoms with Crippen LogP contribution in [-0.2, 0) is 11.2 Å². The number of hydrogen-bond acceptors (Lipinski definition) is 4. The van der Waals surface area contributed by atoms with Crippen LogP contribution < -0.4 is 4.74 Å². The van der Waals surface area contributed by atoms with Crippen LogP contribution in [0.1, 0.15) is 18.3 Å². The van der Waals surface area contributed by atoms with Gasteiger partial charge in [-0.3, -0.25) is 4.79 Å². The first kappa shape index (κ1) is 13.2. The Hall–Kier alpha value is -2.23. The molecule has 2 aromatic rings. The molecular formula is C15H16N2O2. The summed E-state index contributed by atoms with van der Waals surface area (Å²) in [6.07, 6.45) is 1.95. The van der Waals surface area contributed by atoms with E-state index in [0.29, 0.717) is 5.82 Å². The van der Waals surface area contributed by atoms with Gasteiger partial charge in [-0.25, -0.2) is 9.97 Å². The van der Waals surface area contributed by atoms with E-state index >= 15 is 0 Å². The normalized spacial score (nSPS) is 10.3. The van der Waals surface area contributed by atoms with E-state index in [2.05, 4.69) is 9.97 Å². The van der Waals surface area contributed by atoms with Crippen molar-refractivity contribution in [2.24, 2.45) is 0 Å². The topological polar surface area (TPSA) is 52.1 Å². The number of benzene rings is 1. The van der Waals surface area contributed by atoms with E-state index in [9.17, 15) is 4.79 Å². The first-order chi connectivity index (χ1) is 9.10. The molecule has 1 aromatic heterocycles. The third kappa shape index (κ3) is 3.16. The van der Waals surface area contributed by atoms with Gasteiger partial charge in [0.15, 0.2) is 0 Å². The van der Waals surface area contributed by atoms with E-state index in [1.54, 1.807) is 13.3 Å². The Morgan fingerprint density at radius 3 is 2.74 bits per heavy atom. The summed E-state index contributed by atoms with van der Waals surface area (Å²) >= 11 is 0. The Bertz CT molecular complexity index is 609. The summed E-state index contributed by atoms with van der Waals surface area (Å²) in [6.45, 7) is 3.52. The van der Waals surface area contributed by atoms with Gasteiger partial charge in [-0.15, -0.1) is 0 Å². The molecule has 0 saturated heterocycles. The highest BCUT2D eigenvalue weighted by Gasteiger charge is 2.06. The smallest absolute Gasteiger partial charge is 0.137 e. The number of Topliss-reactive ketones (excluding diaryl/α,β-unsaturated/α-hetero) is 1. The summed E-state index contributed by atoms with van der Waals surface area (Å²) in [5.74, 6) is 1.46. The number of ketones is 1. The van der Waals surface area contributed by atoms with E-state index in [-0.39, 0.29) is 12.2 Å². The average Bonchev–Trinajstić information content (AvgIpc) is 2.38. The molecule has 0 bridgehead atoms. The summed E-state index contributed by atoms with van der Waals surface area (Å²) in [5, 5.41) is 0. The van der Waals surface area contributed by atoms with Gasteiger partial charge in [0.2, 0.25) is 0 Å². The first-order valence-corrected chi connectivity index (χ1v) is 6.06. The zero-order valence-electron chi connectivity index (χ0n) is 11.3. The zero-order chi connectivity index (χ0) is 13.8. The Labute approximate surface area is 112 Å². The van der Waals surface area contributed by atoms with E-state index < -0.39 is 0 Å². The van der Waals surface area contributed by atoms with Gasteiger partial charge in [-0.1, -0.05) is 0 Å². The predicted molar refractivity (Wildman–Crippen MR) is 73.1 cm³/mol. The van der Waals surface area contributed by atoms with Gasteiger partial charge in [0, 0.05) is 11.8 Å². The van der Waals surface area contributed by atoms with Gasteiger partial charge in [0.05, 0.1) is 19.2 Å². The summed E-state index contributed by atoms with van der Waals surface area (Å²) in [5.41, 5.74) is 2.86. The van der Waals surface area contributed by atoms with Crippen LogP contribution in [0.15, 0.2) is 30.5 Å². The maximum absolute atomic E-state index is 11.1. The molecule has 98 valence electrons. The predicted octanol–water partition coefficient (Wildman–Crippen LogP) is 2.59. The molecule has 19 heavy (non-hydrogen) atoms. The SMILES string of the molecule is COc1ccc(-c2ccnc(CC(C)=O)n2)cc1C. The average molecular weight is 256 g/mol. The molecule has 0 unspecified atom stereocenters. The van der Waals surface area contributed by atoms with Crippen LogP contribution in [0.25, 0.3) is 11.3 Å². The number of carbonyl (C=O) groups excluding carboxylic acids is 1. The van der Waals surface area contributed by atoms with E-state index in [0.717, 1.165) is 22.6 Å². The third-order valence-corrected chi connectivity index (χ3v) is 2.80.